The summed E-state index contributed by atoms with van der Waals surface area (Å²) in [5, 5.41) is 0. The van der Waals surface area contributed by atoms with Crippen molar-refractivity contribution < 1.29 is 17.3 Å². The standard InChI is InChI=1S/C15H19NO5S/c1-10(12-5-7-13(8-6-12)22(4,18)19)16(3)9-14-11(2)20-15(17)21-14/h5-8,10H,9H2,1-4H3/t10-/m1/s1. The Morgan fingerprint density at radius 1 is 1.18 bits per heavy atom. The van der Waals surface area contributed by atoms with E-state index in [4.69, 9.17) is 8.83 Å². The second-order valence-corrected chi connectivity index (χ2v) is 7.38. The molecule has 0 spiro atoms. The maximum atomic E-state index is 11.5. The first-order valence-corrected chi connectivity index (χ1v) is 8.67. The molecule has 0 unspecified atom stereocenters. The van der Waals surface area contributed by atoms with E-state index in [1.165, 1.54) is 6.26 Å². The van der Waals surface area contributed by atoms with Gasteiger partial charge in [-0.15, -0.1) is 0 Å². The Balaban J connectivity index is 2.15. The van der Waals surface area contributed by atoms with Crippen LogP contribution in [-0.4, -0.2) is 26.6 Å². The lowest BCUT2D eigenvalue weighted by atomic mass is 10.1. The van der Waals surface area contributed by atoms with E-state index >= 15 is 0 Å². The summed E-state index contributed by atoms with van der Waals surface area (Å²) in [7, 11) is -1.30. The van der Waals surface area contributed by atoms with Gasteiger partial charge < -0.3 is 8.83 Å². The smallest absolute Gasteiger partial charge is 0.396 e. The molecule has 1 aromatic carbocycles. The van der Waals surface area contributed by atoms with Crippen LogP contribution in [-0.2, 0) is 16.4 Å². The molecule has 0 saturated carbocycles. The molecule has 2 aromatic rings. The molecule has 120 valence electrons. The minimum atomic E-state index is -3.19. The van der Waals surface area contributed by atoms with E-state index in [1.807, 2.05) is 18.9 Å². The average Bonchev–Trinajstić information content (AvgIpc) is 2.75. The molecule has 0 amide bonds. The van der Waals surface area contributed by atoms with E-state index in [9.17, 15) is 13.2 Å². The van der Waals surface area contributed by atoms with Crippen molar-refractivity contribution >= 4 is 9.84 Å². The Hall–Kier alpha value is -1.86. The van der Waals surface area contributed by atoms with E-state index in [0.717, 1.165) is 5.56 Å². The number of hydrogen-bond donors (Lipinski definition) is 0. The number of rotatable bonds is 5. The molecule has 1 heterocycles. The third-order valence-electron chi connectivity index (χ3n) is 3.68. The lowest BCUT2D eigenvalue weighted by molar-refractivity contribution is 0.228. The predicted octanol–water partition coefficient (Wildman–Crippen LogP) is 2.14. The van der Waals surface area contributed by atoms with Crippen molar-refractivity contribution in [2.75, 3.05) is 13.3 Å². The van der Waals surface area contributed by atoms with Crippen LogP contribution in [0.5, 0.6) is 0 Å². The third-order valence-corrected chi connectivity index (χ3v) is 4.81. The Kier molecular flexibility index (Phi) is 4.58. The van der Waals surface area contributed by atoms with Gasteiger partial charge in [0.05, 0.1) is 11.4 Å². The van der Waals surface area contributed by atoms with Crippen LogP contribution in [0.15, 0.2) is 42.8 Å². The topological polar surface area (TPSA) is 80.7 Å². The molecule has 1 aromatic heterocycles. The van der Waals surface area contributed by atoms with Gasteiger partial charge in [-0.3, -0.25) is 4.90 Å². The van der Waals surface area contributed by atoms with Crippen molar-refractivity contribution in [2.24, 2.45) is 0 Å². The SMILES string of the molecule is Cc1oc(=O)oc1CN(C)[C@H](C)c1ccc(S(C)(=O)=O)cc1. The van der Waals surface area contributed by atoms with Gasteiger partial charge in [0.15, 0.2) is 15.6 Å². The van der Waals surface area contributed by atoms with Crippen LogP contribution in [0, 0.1) is 6.92 Å². The fraction of sp³-hybridized carbons (Fsp3) is 0.400. The van der Waals surface area contributed by atoms with E-state index < -0.39 is 15.7 Å². The van der Waals surface area contributed by atoms with Crippen LogP contribution >= 0.6 is 0 Å². The van der Waals surface area contributed by atoms with Crippen molar-refractivity contribution in [1.29, 1.82) is 0 Å². The summed E-state index contributed by atoms with van der Waals surface area (Å²) < 4.78 is 32.8. The maximum Gasteiger partial charge on any atom is 0.519 e. The highest BCUT2D eigenvalue weighted by atomic mass is 32.2. The monoisotopic (exact) mass is 325 g/mol. The van der Waals surface area contributed by atoms with Crippen molar-refractivity contribution in [3.05, 3.63) is 52.0 Å². The van der Waals surface area contributed by atoms with E-state index in [-0.39, 0.29) is 6.04 Å². The Morgan fingerprint density at radius 3 is 2.23 bits per heavy atom. The number of aryl methyl sites for hydroxylation is 1. The molecule has 2 rings (SSSR count). The number of nitrogens with zero attached hydrogens (tertiary/aromatic N) is 1. The maximum absolute atomic E-state index is 11.5. The number of benzene rings is 1. The van der Waals surface area contributed by atoms with Crippen molar-refractivity contribution in [1.82, 2.24) is 4.90 Å². The van der Waals surface area contributed by atoms with Gasteiger partial charge in [-0.25, -0.2) is 13.2 Å². The predicted molar refractivity (Wildman–Crippen MR) is 81.4 cm³/mol. The van der Waals surface area contributed by atoms with Gasteiger partial charge in [-0.05, 0) is 38.6 Å². The molecule has 0 saturated heterocycles. The van der Waals surface area contributed by atoms with Crippen LogP contribution < -0.4 is 5.82 Å². The fourth-order valence-corrected chi connectivity index (χ4v) is 2.76. The minimum absolute atomic E-state index is 0.0215. The Bertz CT molecular complexity index is 801. The van der Waals surface area contributed by atoms with Gasteiger partial charge in [0.25, 0.3) is 0 Å². The molecule has 22 heavy (non-hydrogen) atoms. The number of sulfone groups is 1. The second-order valence-electron chi connectivity index (χ2n) is 5.37. The minimum Gasteiger partial charge on any atom is -0.396 e. The largest absolute Gasteiger partial charge is 0.519 e. The summed E-state index contributed by atoms with van der Waals surface area (Å²) in [5.41, 5.74) is 0.971. The van der Waals surface area contributed by atoms with Crippen LogP contribution in [0.4, 0.5) is 0 Å². The van der Waals surface area contributed by atoms with Crippen LogP contribution in [0.1, 0.15) is 30.0 Å². The van der Waals surface area contributed by atoms with E-state index in [0.29, 0.717) is 23.0 Å². The molecule has 0 radical (unpaired) electrons. The fourth-order valence-electron chi connectivity index (χ4n) is 2.13. The summed E-state index contributed by atoms with van der Waals surface area (Å²) >= 11 is 0. The molecule has 7 heteroatoms. The summed E-state index contributed by atoms with van der Waals surface area (Å²) in [4.78, 5) is 13.3. The third kappa shape index (κ3) is 3.66. The van der Waals surface area contributed by atoms with E-state index in [2.05, 4.69) is 0 Å². The summed E-state index contributed by atoms with van der Waals surface area (Å²) in [6.07, 6.45) is 1.18. The molecule has 1 atom stereocenters. The highest BCUT2D eigenvalue weighted by Gasteiger charge is 2.17. The summed E-state index contributed by atoms with van der Waals surface area (Å²) in [5.74, 6) is 0.259. The van der Waals surface area contributed by atoms with Crippen molar-refractivity contribution in [2.45, 2.75) is 31.3 Å². The van der Waals surface area contributed by atoms with Gasteiger partial charge in [0, 0.05) is 12.3 Å². The quantitative estimate of drug-likeness (QED) is 0.838. The zero-order valence-corrected chi connectivity index (χ0v) is 13.8. The van der Waals surface area contributed by atoms with E-state index in [1.54, 1.807) is 31.2 Å². The normalized spacial score (nSPS) is 13.5. The first-order chi connectivity index (χ1) is 10.2. The first-order valence-electron chi connectivity index (χ1n) is 6.78. The van der Waals surface area contributed by atoms with Gasteiger partial charge in [-0.2, -0.15) is 0 Å². The van der Waals surface area contributed by atoms with Crippen molar-refractivity contribution in [3.63, 3.8) is 0 Å². The average molecular weight is 325 g/mol. The molecule has 0 aliphatic rings. The molecule has 0 aliphatic heterocycles. The summed E-state index contributed by atoms with van der Waals surface area (Å²) in [6.45, 7) is 4.09. The van der Waals surface area contributed by atoms with Gasteiger partial charge in [-0.1, -0.05) is 12.1 Å². The van der Waals surface area contributed by atoms with Crippen molar-refractivity contribution in [3.8, 4) is 0 Å². The molecule has 0 aliphatic carbocycles. The van der Waals surface area contributed by atoms with Gasteiger partial charge in [0.2, 0.25) is 0 Å². The Labute approximate surface area is 129 Å². The lowest BCUT2D eigenvalue weighted by Gasteiger charge is -2.24. The van der Waals surface area contributed by atoms with Gasteiger partial charge in [0.1, 0.15) is 5.76 Å². The highest BCUT2D eigenvalue weighted by molar-refractivity contribution is 7.90. The molecule has 0 fully saturated rings. The molecule has 6 nitrogen and oxygen atoms in total. The lowest BCUT2D eigenvalue weighted by Crippen LogP contribution is -2.22. The molecule has 0 N–H and O–H groups in total. The zero-order chi connectivity index (χ0) is 16.5. The highest BCUT2D eigenvalue weighted by Crippen LogP contribution is 2.22. The molecular formula is C15H19NO5S. The van der Waals surface area contributed by atoms with Crippen LogP contribution in [0.2, 0.25) is 0 Å². The molecular weight excluding hydrogens is 306 g/mol. The van der Waals surface area contributed by atoms with Crippen LogP contribution in [0.25, 0.3) is 0 Å². The second kappa shape index (κ2) is 6.10. The van der Waals surface area contributed by atoms with Crippen LogP contribution in [0.3, 0.4) is 0 Å². The Morgan fingerprint density at radius 2 is 1.77 bits per heavy atom. The molecule has 0 bridgehead atoms. The number of hydrogen-bond acceptors (Lipinski definition) is 6. The first kappa shape index (κ1) is 16.5. The zero-order valence-electron chi connectivity index (χ0n) is 13.0. The summed E-state index contributed by atoms with van der Waals surface area (Å²) in [6, 6.07) is 6.79. The van der Waals surface area contributed by atoms with Gasteiger partial charge >= 0.3 is 5.82 Å².